The smallest absolute Gasteiger partial charge is 0.317 e. The number of fused-ring (bicyclic) bond motifs is 1. The topological polar surface area (TPSA) is 44.6 Å². The van der Waals surface area contributed by atoms with Gasteiger partial charge in [0.05, 0.1) is 0 Å². The Kier molecular flexibility index (Phi) is 1.56. The van der Waals surface area contributed by atoms with Crippen LogP contribution in [0.3, 0.4) is 0 Å². The van der Waals surface area contributed by atoms with Gasteiger partial charge in [-0.2, -0.15) is 0 Å². The van der Waals surface area contributed by atoms with Crippen LogP contribution in [0.2, 0.25) is 0 Å². The van der Waals surface area contributed by atoms with E-state index in [9.17, 15) is 5.11 Å². The summed E-state index contributed by atoms with van der Waals surface area (Å²) < 4.78 is 0. The molecule has 0 radical (unpaired) electrons. The van der Waals surface area contributed by atoms with Crippen LogP contribution in [0.25, 0.3) is 0 Å². The van der Waals surface area contributed by atoms with Crippen LogP contribution in [0, 0.1) is 0 Å². The van der Waals surface area contributed by atoms with Crippen LogP contribution in [0.5, 0.6) is 0 Å². The van der Waals surface area contributed by atoms with E-state index in [-0.39, 0.29) is 0 Å². The first kappa shape index (κ1) is 7.58. The van der Waals surface area contributed by atoms with E-state index in [2.05, 4.69) is 10.3 Å². The van der Waals surface area contributed by atoms with Crippen molar-refractivity contribution >= 4 is 23.5 Å². The lowest BCUT2D eigenvalue weighted by Gasteiger charge is -2.23. The molecule has 12 heavy (non-hydrogen) atoms. The third-order valence-corrected chi connectivity index (χ3v) is 1.82. The monoisotopic (exact) mass is 182 g/mol. The number of hydrogen-bond donors (Lipinski definition) is 2. The first-order valence-corrected chi connectivity index (χ1v) is 3.89. The van der Waals surface area contributed by atoms with Gasteiger partial charge >= 0.3 is 5.31 Å². The summed E-state index contributed by atoms with van der Waals surface area (Å²) in [6.07, 6.45) is 1.54. The molecule has 1 aliphatic rings. The Balaban J connectivity index is 2.46. The lowest BCUT2D eigenvalue weighted by Crippen LogP contribution is -2.32. The van der Waals surface area contributed by atoms with Gasteiger partial charge in [0, 0.05) is 17.5 Å². The van der Waals surface area contributed by atoms with E-state index in [1.807, 2.05) is 24.3 Å². The third kappa shape index (κ3) is 1.29. The molecule has 1 aromatic rings. The number of nitrogens with one attached hydrogen (secondary N) is 1. The first-order valence-electron chi connectivity index (χ1n) is 3.51. The van der Waals surface area contributed by atoms with Gasteiger partial charge in [-0.3, -0.25) is 0 Å². The molecule has 1 heterocycles. The molecule has 0 bridgehead atoms. The molecule has 1 unspecified atom stereocenters. The Morgan fingerprint density at radius 3 is 3.00 bits per heavy atom. The van der Waals surface area contributed by atoms with E-state index in [1.54, 1.807) is 6.21 Å². The fraction of sp³-hybridized carbons (Fsp3) is 0.125. The quantitative estimate of drug-likeness (QED) is 0.470. The lowest BCUT2D eigenvalue weighted by molar-refractivity contribution is 0.169. The Morgan fingerprint density at radius 2 is 2.17 bits per heavy atom. The number of anilines is 1. The molecule has 0 spiro atoms. The second-order valence-corrected chi connectivity index (χ2v) is 3.08. The molecular formula is C8H7ClN2O. The fourth-order valence-electron chi connectivity index (χ4n) is 1.08. The minimum atomic E-state index is -1.69. The molecule has 0 amide bonds. The van der Waals surface area contributed by atoms with E-state index < -0.39 is 5.31 Å². The summed E-state index contributed by atoms with van der Waals surface area (Å²) in [4.78, 5) is 3.69. The second-order valence-electron chi connectivity index (χ2n) is 2.56. The fourth-order valence-corrected chi connectivity index (χ4v) is 1.23. The summed E-state index contributed by atoms with van der Waals surface area (Å²) in [6.45, 7) is 0. The maximum atomic E-state index is 9.28. The number of alkyl halides is 1. The van der Waals surface area contributed by atoms with Crippen molar-refractivity contribution in [1.82, 2.24) is 0 Å². The Bertz CT molecular complexity index is 336. The van der Waals surface area contributed by atoms with Crippen molar-refractivity contribution in [3.05, 3.63) is 29.8 Å². The normalized spacial score (nSPS) is 26.2. The average Bonchev–Trinajstić information content (AvgIpc) is 2.02. The SMILES string of the molecule is OC1(Cl)N=Cc2ccccc2N1. The molecule has 2 rings (SSSR count). The molecule has 0 saturated heterocycles. The molecule has 0 aromatic heterocycles. The molecule has 62 valence electrons. The predicted octanol–water partition coefficient (Wildman–Crippen LogP) is 1.37. The Morgan fingerprint density at radius 1 is 1.42 bits per heavy atom. The number of rotatable bonds is 0. The summed E-state index contributed by atoms with van der Waals surface area (Å²) >= 11 is 5.55. The van der Waals surface area contributed by atoms with Crippen molar-refractivity contribution in [3.63, 3.8) is 0 Å². The van der Waals surface area contributed by atoms with Gasteiger partial charge in [-0.25, -0.2) is 4.99 Å². The zero-order valence-corrected chi connectivity index (χ0v) is 6.92. The third-order valence-electron chi connectivity index (χ3n) is 1.63. The van der Waals surface area contributed by atoms with E-state index in [0.717, 1.165) is 11.3 Å². The summed E-state index contributed by atoms with van der Waals surface area (Å²) in [5, 5.41) is 10.3. The minimum absolute atomic E-state index is 0.782. The molecule has 0 fully saturated rings. The molecule has 0 aliphatic carbocycles. The number of aliphatic imine (C=N–C) groups is 1. The van der Waals surface area contributed by atoms with Crippen LogP contribution < -0.4 is 5.32 Å². The number of nitrogens with zero attached hydrogens (tertiary/aromatic N) is 1. The number of halogens is 1. The molecular weight excluding hydrogens is 176 g/mol. The largest absolute Gasteiger partial charge is 0.340 e. The summed E-state index contributed by atoms with van der Waals surface area (Å²) in [5.41, 5.74) is 1.70. The molecule has 2 N–H and O–H groups in total. The van der Waals surface area contributed by atoms with Crippen LogP contribution in [0.4, 0.5) is 5.69 Å². The summed E-state index contributed by atoms with van der Waals surface area (Å²) in [5.74, 6) is 0. The molecule has 0 saturated carbocycles. The average molecular weight is 183 g/mol. The first-order chi connectivity index (χ1) is 5.67. The van der Waals surface area contributed by atoms with Gasteiger partial charge in [-0.1, -0.05) is 18.2 Å². The van der Waals surface area contributed by atoms with Gasteiger partial charge in [0.25, 0.3) is 0 Å². The second kappa shape index (κ2) is 2.47. The standard InChI is InChI=1S/C8H7ClN2O/c9-8(12)10-5-6-3-1-2-4-7(6)11-8/h1-5,11-12H. The van der Waals surface area contributed by atoms with E-state index in [4.69, 9.17) is 11.6 Å². The Hall–Kier alpha value is -1.06. The van der Waals surface area contributed by atoms with Gasteiger partial charge in [-0.05, 0) is 17.7 Å². The molecule has 4 heteroatoms. The van der Waals surface area contributed by atoms with Crippen molar-refractivity contribution < 1.29 is 5.11 Å². The maximum Gasteiger partial charge on any atom is 0.317 e. The summed E-state index contributed by atoms with van der Waals surface area (Å²) in [6, 6.07) is 7.47. The van der Waals surface area contributed by atoms with Gasteiger partial charge in [0.1, 0.15) is 0 Å². The van der Waals surface area contributed by atoms with Gasteiger partial charge < -0.3 is 10.4 Å². The van der Waals surface area contributed by atoms with Crippen molar-refractivity contribution in [2.75, 3.05) is 5.32 Å². The zero-order chi connectivity index (χ0) is 8.60. The van der Waals surface area contributed by atoms with Crippen LogP contribution >= 0.6 is 11.6 Å². The zero-order valence-electron chi connectivity index (χ0n) is 6.16. The predicted molar refractivity (Wildman–Crippen MR) is 48.5 cm³/mol. The molecule has 3 nitrogen and oxygen atoms in total. The number of hydrogen-bond acceptors (Lipinski definition) is 3. The highest BCUT2D eigenvalue weighted by atomic mass is 35.5. The van der Waals surface area contributed by atoms with Crippen LogP contribution in [0.15, 0.2) is 29.3 Å². The minimum Gasteiger partial charge on any atom is -0.340 e. The van der Waals surface area contributed by atoms with Gasteiger partial charge in [0.15, 0.2) is 0 Å². The lowest BCUT2D eigenvalue weighted by atomic mass is 10.2. The van der Waals surface area contributed by atoms with Crippen LogP contribution in [-0.4, -0.2) is 16.6 Å². The van der Waals surface area contributed by atoms with Crippen molar-refractivity contribution in [1.29, 1.82) is 0 Å². The Labute approximate surface area is 74.7 Å². The number of benzene rings is 1. The van der Waals surface area contributed by atoms with Gasteiger partial charge in [-0.15, -0.1) is 0 Å². The van der Waals surface area contributed by atoms with E-state index >= 15 is 0 Å². The molecule has 1 aromatic carbocycles. The van der Waals surface area contributed by atoms with Crippen LogP contribution in [0.1, 0.15) is 5.56 Å². The van der Waals surface area contributed by atoms with Crippen molar-refractivity contribution in [2.45, 2.75) is 5.31 Å². The summed E-state index contributed by atoms with van der Waals surface area (Å²) in [7, 11) is 0. The number of para-hydroxylation sites is 1. The van der Waals surface area contributed by atoms with Crippen LogP contribution in [-0.2, 0) is 0 Å². The highest BCUT2D eigenvalue weighted by molar-refractivity contribution is 6.24. The number of aliphatic hydroxyl groups is 1. The maximum absolute atomic E-state index is 9.28. The highest BCUT2D eigenvalue weighted by Gasteiger charge is 2.24. The van der Waals surface area contributed by atoms with E-state index in [1.165, 1.54) is 0 Å². The van der Waals surface area contributed by atoms with Crippen molar-refractivity contribution in [2.24, 2.45) is 4.99 Å². The van der Waals surface area contributed by atoms with Gasteiger partial charge in [0.2, 0.25) is 0 Å². The molecule has 1 atom stereocenters. The highest BCUT2D eigenvalue weighted by Crippen LogP contribution is 2.25. The van der Waals surface area contributed by atoms with E-state index in [0.29, 0.717) is 0 Å². The molecule has 1 aliphatic heterocycles. The van der Waals surface area contributed by atoms with Crippen molar-refractivity contribution in [3.8, 4) is 0 Å².